The lowest BCUT2D eigenvalue weighted by Gasteiger charge is -2.12. The molecule has 96 valence electrons. The molecule has 0 aliphatic carbocycles. The maximum absolute atomic E-state index is 13.6. The Morgan fingerprint density at radius 3 is 2.79 bits per heavy atom. The molecule has 0 unspecified atom stereocenters. The molecule has 0 saturated heterocycles. The average molecular weight is 257 g/mol. The molecule has 0 saturated carbocycles. The molecular formula is C13H13BFN3O. The number of hydrogen-bond acceptors (Lipinski definition) is 3. The Hall–Kier alpha value is -2.37. The molecular weight excluding hydrogens is 244 g/mol. The number of hydrogen-bond donors (Lipinski definition) is 2. The summed E-state index contributed by atoms with van der Waals surface area (Å²) in [5.74, 6) is -0.688. The monoisotopic (exact) mass is 257 g/mol. The van der Waals surface area contributed by atoms with E-state index in [1.807, 2.05) is 0 Å². The number of aromatic nitrogens is 1. The Morgan fingerprint density at radius 2 is 2.05 bits per heavy atom. The summed E-state index contributed by atoms with van der Waals surface area (Å²) in [6, 6.07) is 8.52. The summed E-state index contributed by atoms with van der Waals surface area (Å²) in [5.41, 5.74) is 2.00. The molecule has 0 fully saturated rings. The van der Waals surface area contributed by atoms with Gasteiger partial charge < -0.3 is 10.6 Å². The molecule has 2 aromatic rings. The molecule has 0 aliphatic rings. The van der Waals surface area contributed by atoms with Gasteiger partial charge >= 0.3 is 0 Å². The molecule has 2 rings (SSSR count). The summed E-state index contributed by atoms with van der Waals surface area (Å²) in [5, 5.41) is 5.47. The Morgan fingerprint density at radius 1 is 1.32 bits per heavy atom. The SMILES string of the molecule is Bc1cc(Nc2ccccc2C(=O)NC)c(F)cn1. The van der Waals surface area contributed by atoms with Crippen LogP contribution in [0.2, 0.25) is 0 Å². The molecule has 0 radical (unpaired) electrons. The second kappa shape index (κ2) is 5.52. The van der Waals surface area contributed by atoms with Gasteiger partial charge in [-0.1, -0.05) is 12.1 Å². The van der Waals surface area contributed by atoms with Gasteiger partial charge in [-0.3, -0.25) is 9.78 Å². The van der Waals surface area contributed by atoms with E-state index in [1.54, 1.807) is 45.2 Å². The van der Waals surface area contributed by atoms with Crippen molar-refractivity contribution in [3.05, 3.63) is 47.9 Å². The molecule has 4 nitrogen and oxygen atoms in total. The summed E-state index contributed by atoms with van der Waals surface area (Å²) < 4.78 is 13.6. The van der Waals surface area contributed by atoms with Crippen molar-refractivity contribution in [2.24, 2.45) is 0 Å². The first-order valence-corrected chi connectivity index (χ1v) is 5.82. The van der Waals surface area contributed by atoms with Gasteiger partial charge in [-0.25, -0.2) is 4.39 Å². The molecule has 0 bridgehead atoms. The summed E-state index contributed by atoms with van der Waals surface area (Å²) in [4.78, 5) is 15.6. The first kappa shape index (κ1) is 13.1. The number of anilines is 2. The number of nitrogens with zero attached hydrogens (tertiary/aromatic N) is 1. The Kier molecular flexibility index (Phi) is 3.80. The van der Waals surface area contributed by atoms with Crippen LogP contribution in [0.5, 0.6) is 0 Å². The van der Waals surface area contributed by atoms with E-state index in [1.165, 1.54) is 0 Å². The van der Waals surface area contributed by atoms with Crippen LogP contribution in [0.25, 0.3) is 0 Å². The fourth-order valence-corrected chi connectivity index (χ4v) is 1.71. The van der Waals surface area contributed by atoms with E-state index in [2.05, 4.69) is 15.6 Å². The third-order valence-electron chi connectivity index (χ3n) is 2.66. The number of amides is 1. The third-order valence-corrected chi connectivity index (χ3v) is 2.66. The van der Waals surface area contributed by atoms with E-state index in [-0.39, 0.29) is 5.91 Å². The van der Waals surface area contributed by atoms with Crippen molar-refractivity contribution in [3.63, 3.8) is 0 Å². The Balaban J connectivity index is 2.38. The highest BCUT2D eigenvalue weighted by atomic mass is 19.1. The predicted octanol–water partition coefficient (Wildman–Crippen LogP) is 0.582. The minimum Gasteiger partial charge on any atom is -0.355 e. The second-order valence-electron chi connectivity index (χ2n) is 4.06. The molecule has 1 heterocycles. The van der Waals surface area contributed by atoms with Crippen molar-refractivity contribution < 1.29 is 9.18 Å². The molecule has 1 aromatic heterocycles. The van der Waals surface area contributed by atoms with Crippen LogP contribution < -0.4 is 16.2 Å². The second-order valence-corrected chi connectivity index (χ2v) is 4.06. The zero-order chi connectivity index (χ0) is 13.8. The smallest absolute Gasteiger partial charge is 0.253 e. The predicted molar refractivity (Wildman–Crippen MR) is 75.5 cm³/mol. The molecule has 6 heteroatoms. The molecule has 19 heavy (non-hydrogen) atoms. The minimum absolute atomic E-state index is 0.228. The number of halogens is 1. The normalized spacial score (nSPS) is 10.0. The van der Waals surface area contributed by atoms with Crippen LogP contribution in [-0.4, -0.2) is 25.8 Å². The van der Waals surface area contributed by atoms with Gasteiger partial charge in [0.2, 0.25) is 0 Å². The van der Waals surface area contributed by atoms with Crippen molar-refractivity contribution in [1.82, 2.24) is 10.3 Å². The Labute approximate surface area is 111 Å². The van der Waals surface area contributed by atoms with Gasteiger partial charge in [-0.05, 0) is 23.8 Å². The van der Waals surface area contributed by atoms with Gasteiger partial charge in [0, 0.05) is 7.05 Å². The maximum Gasteiger partial charge on any atom is 0.253 e. The first-order chi connectivity index (χ1) is 9.11. The van der Waals surface area contributed by atoms with E-state index in [0.717, 1.165) is 6.20 Å². The topological polar surface area (TPSA) is 54.0 Å². The standard InChI is InChI=1S/C13H13BFN3O/c1-16-13(19)8-4-2-3-5-10(8)18-11-6-12(14)17-7-9(11)15/h2-7H,14H2,1H3,(H,16,19)(H,17,18). The van der Waals surface area contributed by atoms with Crippen LogP contribution in [0.1, 0.15) is 10.4 Å². The number of para-hydroxylation sites is 1. The van der Waals surface area contributed by atoms with Crippen LogP contribution in [0, 0.1) is 5.82 Å². The van der Waals surface area contributed by atoms with Crippen LogP contribution >= 0.6 is 0 Å². The van der Waals surface area contributed by atoms with Gasteiger partial charge in [0.05, 0.1) is 23.1 Å². The van der Waals surface area contributed by atoms with E-state index in [0.29, 0.717) is 22.5 Å². The van der Waals surface area contributed by atoms with Crippen molar-refractivity contribution in [2.45, 2.75) is 0 Å². The molecule has 2 N–H and O–H groups in total. The molecule has 0 aliphatic heterocycles. The Bertz CT molecular complexity index is 619. The molecule has 1 amide bonds. The molecule has 0 spiro atoms. The largest absolute Gasteiger partial charge is 0.355 e. The maximum atomic E-state index is 13.6. The van der Waals surface area contributed by atoms with Crippen LogP contribution in [-0.2, 0) is 0 Å². The third kappa shape index (κ3) is 2.90. The minimum atomic E-state index is -0.461. The summed E-state index contributed by atoms with van der Waals surface area (Å²) >= 11 is 0. The number of pyridine rings is 1. The first-order valence-electron chi connectivity index (χ1n) is 5.82. The van der Waals surface area contributed by atoms with E-state index < -0.39 is 5.82 Å². The number of nitrogens with one attached hydrogen (secondary N) is 2. The van der Waals surface area contributed by atoms with Crippen molar-refractivity contribution in [1.29, 1.82) is 0 Å². The van der Waals surface area contributed by atoms with E-state index in [4.69, 9.17) is 0 Å². The fourth-order valence-electron chi connectivity index (χ4n) is 1.71. The lowest BCUT2D eigenvalue weighted by atomic mass is 10.0. The van der Waals surface area contributed by atoms with Crippen LogP contribution in [0.15, 0.2) is 36.5 Å². The van der Waals surface area contributed by atoms with Gasteiger partial charge in [0.15, 0.2) is 13.7 Å². The summed E-state index contributed by atoms with van der Waals surface area (Å²) in [6.45, 7) is 0. The van der Waals surface area contributed by atoms with Crippen molar-refractivity contribution in [3.8, 4) is 0 Å². The lowest BCUT2D eigenvalue weighted by molar-refractivity contribution is 0.0964. The number of carbonyl (C=O) groups excluding carboxylic acids is 1. The number of benzene rings is 1. The van der Waals surface area contributed by atoms with Gasteiger partial charge in [-0.2, -0.15) is 0 Å². The lowest BCUT2D eigenvalue weighted by Crippen LogP contribution is -2.19. The highest BCUT2D eigenvalue weighted by Gasteiger charge is 2.11. The highest BCUT2D eigenvalue weighted by molar-refractivity contribution is 6.30. The summed E-state index contributed by atoms with van der Waals surface area (Å²) in [6.07, 6.45) is 1.15. The van der Waals surface area contributed by atoms with E-state index in [9.17, 15) is 9.18 Å². The number of carbonyl (C=O) groups is 1. The van der Waals surface area contributed by atoms with Crippen molar-refractivity contribution in [2.75, 3.05) is 12.4 Å². The molecule has 1 aromatic carbocycles. The fraction of sp³-hybridized carbons (Fsp3) is 0.0769. The average Bonchev–Trinajstić information content (AvgIpc) is 2.42. The summed E-state index contributed by atoms with van der Waals surface area (Å²) in [7, 11) is 3.32. The number of rotatable bonds is 3. The zero-order valence-electron chi connectivity index (χ0n) is 10.7. The van der Waals surface area contributed by atoms with Crippen LogP contribution in [0.3, 0.4) is 0 Å². The van der Waals surface area contributed by atoms with Gasteiger partial charge in [0.25, 0.3) is 5.91 Å². The quantitative estimate of drug-likeness (QED) is 0.791. The van der Waals surface area contributed by atoms with E-state index >= 15 is 0 Å². The zero-order valence-corrected chi connectivity index (χ0v) is 10.7. The van der Waals surface area contributed by atoms with Gasteiger partial charge in [0.1, 0.15) is 0 Å². The van der Waals surface area contributed by atoms with Crippen molar-refractivity contribution >= 4 is 30.7 Å². The molecule has 0 atom stereocenters. The van der Waals surface area contributed by atoms with Crippen LogP contribution in [0.4, 0.5) is 15.8 Å². The van der Waals surface area contributed by atoms with Gasteiger partial charge in [-0.15, -0.1) is 0 Å². The highest BCUT2D eigenvalue weighted by Crippen LogP contribution is 2.21.